The average molecular weight is 343 g/mol. The van der Waals surface area contributed by atoms with Gasteiger partial charge < -0.3 is 9.47 Å². The van der Waals surface area contributed by atoms with Crippen LogP contribution in [0.3, 0.4) is 0 Å². The summed E-state index contributed by atoms with van der Waals surface area (Å²) >= 11 is 5.57. The third-order valence-electron chi connectivity index (χ3n) is 5.48. The number of esters is 1. The number of hydrogen-bond donors (Lipinski definition) is 0. The minimum absolute atomic E-state index is 0.222. The van der Waals surface area contributed by atoms with E-state index >= 15 is 0 Å². The van der Waals surface area contributed by atoms with Crippen LogP contribution in [0.15, 0.2) is 11.6 Å². The molecule has 1 fully saturated rings. The molecule has 0 amide bonds. The number of alkyl halides is 1. The minimum Gasteiger partial charge on any atom is -0.415 e. The number of fused-ring (bicyclic) bond motifs is 1. The van der Waals surface area contributed by atoms with Gasteiger partial charge in [-0.15, -0.1) is 0 Å². The van der Waals surface area contributed by atoms with Crippen LogP contribution in [0.4, 0.5) is 4.79 Å². The molecule has 2 rings (SSSR count). The predicted octanol–water partition coefficient (Wildman–Crippen LogP) is 4.91. The van der Waals surface area contributed by atoms with E-state index in [0.29, 0.717) is 17.8 Å². The van der Waals surface area contributed by atoms with Gasteiger partial charge in [0.15, 0.2) is 5.56 Å². The first-order chi connectivity index (χ1) is 10.8. The molecule has 2 aliphatic carbocycles. The Kier molecular flexibility index (Phi) is 6.12. The number of carbonyl (C=O) groups is 2. The van der Waals surface area contributed by atoms with Gasteiger partial charge in [0, 0.05) is 0 Å². The molecule has 1 saturated carbocycles. The molecule has 0 bridgehead atoms. The van der Waals surface area contributed by atoms with Crippen LogP contribution in [-0.4, -0.2) is 17.7 Å². The fourth-order valence-corrected chi connectivity index (χ4v) is 4.25. The van der Waals surface area contributed by atoms with Crippen molar-refractivity contribution in [3.8, 4) is 0 Å². The second kappa shape index (κ2) is 7.69. The number of carbonyl (C=O) groups excluding carboxylic acids is 2. The molecule has 0 heterocycles. The third kappa shape index (κ3) is 4.50. The molecule has 23 heavy (non-hydrogen) atoms. The molecule has 0 aromatic heterocycles. The summed E-state index contributed by atoms with van der Waals surface area (Å²) in [7, 11) is 0. The van der Waals surface area contributed by atoms with E-state index in [1.165, 1.54) is 18.9 Å². The number of ether oxygens (including phenoxy) is 2. The Balaban J connectivity index is 2.05. The van der Waals surface area contributed by atoms with Crippen LogP contribution in [0.2, 0.25) is 0 Å². The summed E-state index contributed by atoms with van der Waals surface area (Å²) in [6.45, 7) is 7.83. The van der Waals surface area contributed by atoms with Crippen LogP contribution >= 0.6 is 11.6 Å². The minimum atomic E-state index is -1.01. The molecule has 0 radical (unpaired) electrons. The average Bonchev–Trinajstić information content (AvgIpc) is 2.45. The van der Waals surface area contributed by atoms with Gasteiger partial charge in [-0.2, -0.15) is 0 Å². The SMILES string of the molecule is CC1=C[C@H]2[C@@H](CC1)[C@H](C)CC[C@H]2[C@@H](C)C(=O)OC(=O)OC(C)Cl. The fourth-order valence-electron chi connectivity index (χ4n) is 4.18. The molecule has 5 heteroatoms. The van der Waals surface area contributed by atoms with Gasteiger partial charge in [-0.05, 0) is 56.8 Å². The quantitative estimate of drug-likeness (QED) is 0.316. The van der Waals surface area contributed by atoms with Crippen molar-refractivity contribution < 1.29 is 19.1 Å². The molecule has 4 nitrogen and oxygen atoms in total. The molecule has 6 atom stereocenters. The molecule has 0 N–H and O–H groups in total. The van der Waals surface area contributed by atoms with Gasteiger partial charge in [-0.3, -0.25) is 4.79 Å². The molecule has 0 spiro atoms. The van der Waals surface area contributed by atoms with Crippen molar-refractivity contribution in [2.45, 2.75) is 58.9 Å². The predicted molar refractivity (Wildman–Crippen MR) is 88.9 cm³/mol. The summed E-state index contributed by atoms with van der Waals surface area (Å²) < 4.78 is 9.48. The Morgan fingerprint density at radius 2 is 1.96 bits per heavy atom. The van der Waals surface area contributed by atoms with Gasteiger partial charge >= 0.3 is 12.1 Å². The Bertz CT molecular complexity index is 485. The second-order valence-corrected chi connectivity index (χ2v) is 7.75. The number of hydrogen-bond acceptors (Lipinski definition) is 4. The number of rotatable bonds is 3. The van der Waals surface area contributed by atoms with Gasteiger partial charge in [-0.1, -0.05) is 43.5 Å². The second-order valence-electron chi connectivity index (χ2n) is 7.13. The van der Waals surface area contributed by atoms with Crippen LogP contribution in [0.5, 0.6) is 0 Å². The summed E-state index contributed by atoms with van der Waals surface area (Å²) in [5.74, 6) is 1.10. The molecule has 0 saturated heterocycles. The highest BCUT2D eigenvalue weighted by atomic mass is 35.5. The number of allylic oxidation sites excluding steroid dienone is 2. The zero-order valence-electron chi connectivity index (χ0n) is 14.4. The fraction of sp³-hybridized carbons (Fsp3) is 0.778. The van der Waals surface area contributed by atoms with Gasteiger partial charge in [-0.25, -0.2) is 4.79 Å². The van der Waals surface area contributed by atoms with E-state index in [0.717, 1.165) is 19.3 Å². The monoisotopic (exact) mass is 342 g/mol. The van der Waals surface area contributed by atoms with Crippen LogP contribution in [0.25, 0.3) is 0 Å². The van der Waals surface area contributed by atoms with Gasteiger partial charge in [0.1, 0.15) is 0 Å². The van der Waals surface area contributed by atoms with E-state index in [-0.39, 0.29) is 11.8 Å². The normalized spacial score (nSPS) is 33.0. The topological polar surface area (TPSA) is 52.6 Å². The zero-order chi connectivity index (χ0) is 17.1. The van der Waals surface area contributed by atoms with Crippen molar-refractivity contribution in [2.75, 3.05) is 0 Å². The van der Waals surface area contributed by atoms with Crippen molar-refractivity contribution in [1.82, 2.24) is 0 Å². The molecule has 130 valence electrons. The standard InChI is InChI=1S/C18H27ClO4/c1-10-5-7-14-11(2)6-8-15(16(14)9-10)12(3)17(20)23-18(21)22-13(4)19/h9,11-16H,5-8H2,1-4H3/t11-,12-,13?,14+,15+,16+/m1/s1. The van der Waals surface area contributed by atoms with E-state index in [2.05, 4.69) is 24.7 Å². The maximum absolute atomic E-state index is 12.3. The van der Waals surface area contributed by atoms with Crippen molar-refractivity contribution in [3.05, 3.63) is 11.6 Å². The molecule has 0 aliphatic heterocycles. The van der Waals surface area contributed by atoms with Crippen molar-refractivity contribution in [1.29, 1.82) is 0 Å². The van der Waals surface area contributed by atoms with Gasteiger partial charge in [0.25, 0.3) is 0 Å². The summed E-state index contributed by atoms with van der Waals surface area (Å²) in [5.41, 5.74) is 0.593. The molecule has 1 unspecified atom stereocenters. The molecular formula is C18H27ClO4. The third-order valence-corrected chi connectivity index (χ3v) is 5.57. The summed E-state index contributed by atoms with van der Waals surface area (Å²) in [4.78, 5) is 23.8. The van der Waals surface area contributed by atoms with Crippen molar-refractivity contribution in [3.63, 3.8) is 0 Å². The smallest absolute Gasteiger partial charge is 0.415 e. The Hall–Kier alpha value is -1.03. The molecular weight excluding hydrogens is 316 g/mol. The Morgan fingerprint density at radius 1 is 1.26 bits per heavy atom. The Morgan fingerprint density at radius 3 is 2.61 bits per heavy atom. The van der Waals surface area contributed by atoms with Crippen LogP contribution in [0.1, 0.15) is 53.4 Å². The first-order valence-corrected chi connectivity index (χ1v) is 8.97. The molecule has 0 aromatic rings. The first-order valence-electron chi connectivity index (χ1n) is 8.53. The summed E-state index contributed by atoms with van der Waals surface area (Å²) in [5, 5.41) is 0. The van der Waals surface area contributed by atoms with E-state index in [1.54, 1.807) is 0 Å². The van der Waals surface area contributed by atoms with Crippen molar-refractivity contribution >= 4 is 23.7 Å². The lowest BCUT2D eigenvalue weighted by Gasteiger charge is -2.45. The maximum atomic E-state index is 12.3. The Labute approximate surface area is 143 Å². The molecule has 0 aromatic carbocycles. The summed E-state index contributed by atoms with van der Waals surface area (Å²) in [6, 6.07) is 0. The van der Waals surface area contributed by atoms with E-state index in [4.69, 9.17) is 16.3 Å². The largest absolute Gasteiger partial charge is 0.517 e. The lowest BCUT2D eigenvalue weighted by Crippen LogP contribution is -2.40. The van der Waals surface area contributed by atoms with Crippen molar-refractivity contribution in [2.24, 2.45) is 29.6 Å². The van der Waals surface area contributed by atoms with Gasteiger partial charge in [0.05, 0.1) is 5.92 Å². The van der Waals surface area contributed by atoms with Crippen LogP contribution in [0, 0.1) is 29.6 Å². The highest BCUT2D eigenvalue weighted by molar-refractivity contribution is 6.19. The van der Waals surface area contributed by atoms with E-state index in [9.17, 15) is 9.59 Å². The highest BCUT2D eigenvalue weighted by Crippen LogP contribution is 2.48. The van der Waals surface area contributed by atoms with Crippen LogP contribution < -0.4 is 0 Å². The first kappa shape index (κ1) is 18.3. The highest BCUT2D eigenvalue weighted by Gasteiger charge is 2.42. The molecule has 2 aliphatic rings. The summed E-state index contributed by atoms with van der Waals surface area (Å²) in [6.07, 6.45) is 5.79. The van der Waals surface area contributed by atoms with Crippen LogP contribution in [-0.2, 0) is 14.3 Å². The number of halogens is 1. The van der Waals surface area contributed by atoms with E-state index < -0.39 is 17.7 Å². The lowest BCUT2D eigenvalue weighted by molar-refractivity contribution is -0.147. The zero-order valence-corrected chi connectivity index (χ0v) is 15.1. The van der Waals surface area contributed by atoms with E-state index in [1.807, 2.05) is 6.92 Å². The maximum Gasteiger partial charge on any atom is 0.517 e. The van der Waals surface area contributed by atoms with Gasteiger partial charge in [0.2, 0.25) is 0 Å². The lowest BCUT2D eigenvalue weighted by atomic mass is 9.60.